The molecule has 0 atom stereocenters. The van der Waals surface area contributed by atoms with Crippen LogP contribution in [0.1, 0.15) is 10.4 Å². The number of benzene rings is 4. The van der Waals surface area contributed by atoms with E-state index < -0.39 is 47.3 Å². The molecule has 5 N–H and O–H groups in total. The van der Waals surface area contributed by atoms with Crippen molar-refractivity contribution in [3.8, 4) is 5.75 Å². The smallest absolute Gasteiger partial charge is 0.338 e. The van der Waals surface area contributed by atoms with E-state index in [0.29, 0.717) is 12.0 Å². The largest absolute Gasteiger partial charge is 0.505 e. The summed E-state index contributed by atoms with van der Waals surface area (Å²) in [5.41, 5.74) is -1.50. The van der Waals surface area contributed by atoms with Gasteiger partial charge in [0.15, 0.2) is 5.75 Å². The Morgan fingerprint density at radius 3 is 2.00 bits per heavy atom. The summed E-state index contributed by atoms with van der Waals surface area (Å²) in [4.78, 5) is 10.9. The van der Waals surface area contributed by atoms with Crippen LogP contribution >= 0.6 is 12.0 Å². The molecular weight excluding hydrogens is 604 g/mol. The van der Waals surface area contributed by atoms with Crippen LogP contribution in [0.15, 0.2) is 102 Å². The number of aromatic carboxylic acids is 1. The number of fused-ring (bicyclic) bond motifs is 1. The fraction of sp³-hybridized carbons (Fsp3) is 0. The van der Waals surface area contributed by atoms with Gasteiger partial charge in [0.1, 0.15) is 26.9 Å². The zero-order valence-electron chi connectivity index (χ0n) is 20.1. The number of azo groups is 2. The number of hydrogen-bond donors (Lipinski definition) is 5. The Bertz CT molecular complexity index is 1960. The number of aromatic hydroxyl groups is 1. The number of phenols is 1. The van der Waals surface area contributed by atoms with Gasteiger partial charge in [-0.05, 0) is 42.5 Å². The summed E-state index contributed by atoms with van der Waals surface area (Å²) >= 11 is 0.458. The third kappa shape index (κ3) is 6.72. The molecule has 4 aromatic rings. The van der Waals surface area contributed by atoms with Crippen molar-refractivity contribution in [1.29, 1.82) is 0 Å². The number of rotatable bonds is 9. The van der Waals surface area contributed by atoms with E-state index in [-0.39, 0.29) is 38.4 Å². The number of carbonyl (C=O) groups is 1. The zero-order valence-corrected chi connectivity index (χ0v) is 22.5. The van der Waals surface area contributed by atoms with E-state index >= 15 is 0 Å². The van der Waals surface area contributed by atoms with Crippen LogP contribution in [0.4, 0.5) is 22.7 Å². The van der Waals surface area contributed by atoms with Gasteiger partial charge in [-0.3, -0.25) is 9.11 Å². The quantitative estimate of drug-likeness (QED) is 0.0471. The Kier molecular flexibility index (Phi) is 8.44. The molecule has 0 fully saturated rings. The van der Waals surface area contributed by atoms with Crippen LogP contribution in [0.3, 0.4) is 0 Å². The van der Waals surface area contributed by atoms with Gasteiger partial charge in [-0.15, -0.1) is 15.3 Å². The SMILES string of the molecule is O=C(O)c1cc(N=Nc2cc(SOO)ccc2S(=O)(=O)O)ccc1N=Nc1cc(S(=O)(=O)O)c2ccccc2c1O. The molecular formula is C23H16N4O11S3. The summed E-state index contributed by atoms with van der Waals surface area (Å²) < 4.78 is 70.2. The molecule has 15 nitrogen and oxygen atoms in total. The molecule has 0 aliphatic carbocycles. The number of carboxylic acid groups (broad SMARTS) is 1. The number of hydrogen-bond acceptors (Lipinski definition) is 13. The van der Waals surface area contributed by atoms with Crippen molar-refractivity contribution in [2.24, 2.45) is 20.5 Å². The van der Waals surface area contributed by atoms with E-state index in [2.05, 4.69) is 24.8 Å². The molecule has 4 aromatic carbocycles. The van der Waals surface area contributed by atoms with Gasteiger partial charge < -0.3 is 10.2 Å². The lowest BCUT2D eigenvalue weighted by atomic mass is 10.1. The molecule has 18 heteroatoms. The molecule has 0 spiro atoms. The highest BCUT2D eigenvalue weighted by atomic mass is 32.2. The first kappa shape index (κ1) is 29.7. The van der Waals surface area contributed by atoms with Crippen molar-refractivity contribution in [3.63, 3.8) is 0 Å². The molecule has 41 heavy (non-hydrogen) atoms. The molecule has 0 aliphatic heterocycles. The van der Waals surface area contributed by atoms with Crippen molar-refractivity contribution >= 4 is 71.8 Å². The summed E-state index contributed by atoms with van der Waals surface area (Å²) in [5, 5.41) is 44.1. The predicted molar refractivity (Wildman–Crippen MR) is 143 cm³/mol. The van der Waals surface area contributed by atoms with Gasteiger partial charge in [0.05, 0.1) is 23.3 Å². The molecule has 0 aliphatic rings. The summed E-state index contributed by atoms with van der Waals surface area (Å²) in [6.07, 6.45) is 0. The topological polar surface area (TPSA) is 245 Å². The summed E-state index contributed by atoms with van der Waals surface area (Å²) in [6, 6.07) is 13.4. The Morgan fingerprint density at radius 1 is 0.732 bits per heavy atom. The Balaban J connectivity index is 1.74. The maximum absolute atomic E-state index is 11.9. The Labute approximate surface area is 235 Å². The van der Waals surface area contributed by atoms with Crippen molar-refractivity contribution in [3.05, 3.63) is 72.3 Å². The lowest BCUT2D eigenvalue weighted by Crippen LogP contribution is -1.99. The van der Waals surface area contributed by atoms with E-state index in [0.717, 1.165) is 24.3 Å². The van der Waals surface area contributed by atoms with Crippen molar-refractivity contribution < 1.29 is 50.5 Å². The van der Waals surface area contributed by atoms with Crippen LogP contribution in [0.25, 0.3) is 10.8 Å². The molecule has 212 valence electrons. The molecule has 0 amide bonds. The first-order valence-corrected chi connectivity index (χ1v) is 14.4. The summed E-state index contributed by atoms with van der Waals surface area (Å²) in [5.74, 6) is -1.95. The molecule has 0 aromatic heterocycles. The number of phenolic OH excluding ortho intramolecular Hbond substituents is 1. The second-order valence-corrected chi connectivity index (χ2v) is 11.5. The molecule has 0 saturated heterocycles. The first-order chi connectivity index (χ1) is 19.3. The van der Waals surface area contributed by atoms with E-state index in [1.165, 1.54) is 42.5 Å². The zero-order chi connectivity index (χ0) is 29.9. The first-order valence-electron chi connectivity index (χ1n) is 10.8. The molecule has 4 rings (SSSR count). The third-order valence-electron chi connectivity index (χ3n) is 5.33. The van der Waals surface area contributed by atoms with E-state index in [1.54, 1.807) is 0 Å². The summed E-state index contributed by atoms with van der Waals surface area (Å²) in [6.45, 7) is 0. The molecule has 0 radical (unpaired) electrons. The average molecular weight is 621 g/mol. The summed E-state index contributed by atoms with van der Waals surface area (Å²) in [7, 11) is -9.45. The van der Waals surface area contributed by atoms with Gasteiger partial charge in [-0.2, -0.15) is 26.3 Å². The van der Waals surface area contributed by atoms with E-state index in [1.807, 2.05) is 0 Å². The van der Waals surface area contributed by atoms with Crippen LogP contribution in [0.5, 0.6) is 5.75 Å². The molecule has 0 heterocycles. The normalized spacial score (nSPS) is 12.5. The number of nitrogens with zero attached hydrogens (tertiary/aromatic N) is 4. The lowest BCUT2D eigenvalue weighted by Gasteiger charge is -2.08. The standard InChI is InChI=1S/C23H16N4O11S3/c28-22-15-4-2-1-3-14(15)21(41(35,36)37)11-19(22)27-25-17-7-5-12(9-16(17)23(29)30)24-26-18-10-13(39-38-31)6-8-20(18)40(32,33)34/h1-11,28,31H,(H,29,30)(H,32,33,34)(H,35,36,37). The monoisotopic (exact) mass is 620 g/mol. The van der Waals surface area contributed by atoms with Crippen molar-refractivity contribution in [2.75, 3.05) is 0 Å². The van der Waals surface area contributed by atoms with Crippen LogP contribution in [0.2, 0.25) is 0 Å². The Morgan fingerprint density at radius 2 is 1.37 bits per heavy atom. The van der Waals surface area contributed by atoms with Gasteiger partial charge in [0.2, 0.25) is 0 Å². The van der Waals surface area contributed by atoms with Gasteiger partial charge in [0, 0.05) is 15.7 Å². The highest BCUT2D eigenvalue weighted by Crippen LogP contribution is 2.40. The highest BCUT2D eigenvalue weighted by molar-refractivity contribution is 7.94. The highest BCUT2D eigenvalue weighted by Gasteiger charge is 2.20. The lowest BCUT2D eigenvalue weighted by molar-refractivity contribution is -0.116. The van der Waals surface area contributed by atoms with Crippen LogP contribution in [0, 0.1) is 0 Å². The fourth-order valence-electron chi connectivity index (χ4n) is 3.55. The maximum atomic E-state index is 11.9. The van der Waals surface area contributed by atoms with E-state index in [4.69, 9.17) is 5.26 Å². The van der Waals surface area contributed by atoms with Gasteiger partial charge in [-0.1, -0.05) is 24.3 Å². The van der Waals surface area contributed by atoms with Crippen molar-refractivity contribution in [2.45, 2.75) is 14.7 Å². The second kappa shape index (κ2) is 11.7. The minimum atomic E-state index is -4.73. The number of carboxylic acids is 1. The molecule has 0 saturated carbocycles. The van der Waals surface area contributed by atoms with Crippen LogP contribution in [-0.4, -0.2) is 47.4 Å². The van der Waals surface area contributed by atoms with Gasteiger partial charge >= 0.3 is 5.97 Å². The Hall–Kier alpha value is -4.30. The predicted octanol–water partition coefficient (Wildman–Crippen LogP) is 6.06. The van der Waals surface area contributed by atoms with Crippen LogP contribution < -0.4 is 0 Å². The fourth-order valence-corrected chi connectivity index (χ4v) is 5.24. The van der Waals surface area contributed by atoms with Gasteiger partial charge in [-0.25, -0.2) is 10.1 Å². The molecule has 0 unspecified atom stereocenters. The van der Waals surface area contributed by atoms with Gasteiger partial charge in [0.25, 0.3) is 20.2 Å². The van der Waals surface area contributed by atoms with Crippen LogP contribution in [-0.2, 0) is 24.6 Å². The average Bonchev–Trinajstić information content (AvgIpc) is 2.90. The van der Waals surface area contributed by atoms with Crippen molar-refractivity contribution in [1.82, 2.24) is 0 Å². The van der Waals surface area contributed by atoms with E-state index in [9.17, 15) is 40.9 Å². The second-order valence-electron chi connectivity index (χ2n) is 7.93. The minimum Gasteiger partial charge on any atom is -0.505 e. The maximum Gasteiger partial charge on any atom is 0.338 e. The molecule has 0 bridgehead atoms. The minimum absolute atomic E-state index is 0.0255. The third-order valence-corrected chi connectivity index (χ3v) is 7.64.